The number of furan rings is 1. The summed E-state index contributed by atoms with van der Waals surface area (Å²) in [6, 6.07) is 8.19. The zero-order chi connectivity index (χ0) is 17.1. The highest BCUT2D eigenvalue weighted by Crippen LogP contribution is 2.32. The van der Waals surface area contributed by atoms with Crippen molar-refractivity contribution in [3.05, 3.63) is 54.2 Å². The minimum Gasteiger partial charge on any atom is -0.467 e. The Morgan fingerprint density at radius 2 is 2.12 bits per heavy atom. The van der Waals surface area contributed by atoms with E-state index >= 15 is 0 Å². The quantitative estimate of drug-likeness (QED) is 0.902. The molecule has 0 saturated carbocycles. The van der Waals surface area contributed by atoms with Gasteiger partial charge in [0, 0.05) is 31.5 Å². The zero-order valence-corrected chi connectivity index (χ0v) is 14.1. The Morgan fingerprint density at radius 3 is 2.92 bits per heavy atom. The molecule has 4 heterocycles. The number of fused-ring (bicyclic) bond motifs is 1. The Morgan fingerprint density at radius 1 is 1.24 bits per heavy atom. The number of aromatic nitrogens is 1. The number of hydrogen-bond acceptors (Lipinski definition) is 5. The van der Waals surface area contributed by atoms with Crippen LogP contribution in [0.5, 0.6) is 0 Å². The molecule has 2 aromatic rings. The molecule has 0 aliphatic carbocycles. The van der Waals surface area contributed by atoms with Gasteiger partial charge in [0.05, 0.1) is 18.9 Å². The monoisotopic (exact) mass is 341 g/mol. The van der Waals surface area contributed by atoms with Crippen LogP contribution in [0.3, 0.4) is 0 Å². The maximum atomic E-state index is 12.4. The van der Waals surface area contributed by atoms with Gasteiger partial charge in [-0.15, -0.1) is 0 Å². The normalized spacial score (nSPS) is 26.3. The predicted octanol–water partition coefficient (Wildman–Crippen LogP) is 2.11. The first-order valence-corrected chi connectivity index (χ1v) is 8.88. The molecule has 0 spiro atoms. The Bertz CT molecular complexity index is 689. The molecule has 0 bridgehead atoms. The van der Waals surface area contributed by atoms with Crippen LogP contribution in [0.15, 0.2) is 47.3 Å². The number of amides is 1. The molecule has 0 radical (unpaired) electrons. The van der Waals surface area contributed by atoms with Crippen molar-refractivity contribution in [3.63, 3.8) is 0 Å². The van der Waals surface area contributed by atoms with E-state index in [1.165, 1.54) is 5.56 Å². The van der Waals surface area contributed by atoms with E-state index in [0.29, 0.717) is 12.6 Å². The van der Waals surface area contributed by atoms with Crippen molar-refractivity contribution < 1.29 is 13.9 Å². The van der Waals surface area contributed by atoms with Crippen molar-refractivity contribution in [3.8, 4) is 0 Å². The minimum atomic E-state index is -0.350. The number of ether oxygens (including phenoxy) is 1. The second kappa shape index (κ2) is 7.37. The predicted molar refractivity (Wildman–Crippen MR) is 91.5 cm³/mol. The molecule has 6 heteroatoms. The SMILES string of the molecule is O=C(NCc1ccco1)[C@@H]1CC[C@H]2[C@H](CCN2Cc2ccncc2)O1. The van der Waals surface area contributed by atoms with E-state index in [0.717, 1.165) is 38.1 Å². The van der Waals surface area contributed by atoms with Crippen molar-refractivity contribution in [1.29, 1.82) is 0 Å². The number of nitrogens with one attached hydrogen (secondary N) is 1. The fourth-order valence-corrected chi connectivity index (χ4v) is 3.83. The molecule has 0 aromatic carbocycles. The van der Waals surface area contributed by atoms with Crippen molar-refractivity contribution in [1.82, 2.24) is 15.2 Å². The van der Waals surface area contributed by atoms with Gasteiger partial charge in [0.25, 0.3) is 0 Å². The summed E-state index contributed by atoms with van der Waals surface area (Å²) in [7, 11) is 0. The van der Waals surface area contributed by atoms with Crippen LogP contribution in [0, 0.1) is 0 Å². The number of likely N-dealkylation sites (tertiary alicyclic amines) is 1. The van der Waals surface area contributed by atoms with Crippen LogP contribution in [0.4, 0.5) is 0 Å². The van der Waals surface area contributed by atoms with Crippen molar-refractivity contribution in [2.24, 2.45) is 0 Å². The van der Waals surface area contributed by atoms with Crippen LogP contribution in [-0.2, 0) is 22.6 Å². The van der Waals surface area contributed by atoms with Crippen molar-refractivity contribution >= 4 is 5.91 Å². The zero-order valence-electron chi connectivity index (χ0n) is 14.1. The third kappa shape index (κ3) is 3.75. The van der Waals surface area contributed by atoms with Gasteiger partial charge in [-0.05, 0) is 49.1 Å². The number of nitrogens with zero attached hydrogens (tertiary/aromatic N) is 2. The highest BCUT2D eigenvalue weighted by Gasteiger charge is 2.41. The Labute approximate surface area is 147 Å². The third-order valence-corrected chi connectivity index (χ3v) is 5.11. The van der Waals surface area contributed by atoms with Gasteiger partial charge in [0.15, 0.2) is 0 Å². The number of carbonyl (C=O) groups excluding carboxylic acids is 1. The van der Waals surface area contributed by atoms with Gasteiger partial charge in [-0.1, -0.05) is 0 Å². The summed E-state index contributed by atoms with van der Waals surface area (Å²) in [6.07, 6.45) is 7.81. The third-order valence-electron chi connectivity index (χ3n) is 5.11. The van der Waals surface area contributed by atoms with Crippen LogP contribution in [0.2, 0.25) is 0 Å². The van der Waals surface area contributed by atoms with Crippen LogP contribution in [-0.4, -0.2) is 40.6 Å². The van der Waals surface area contributed by atoms with E-state index in [-0.39, 0.29) is 18.1 Å². The lowest BCUT2D eigenvalue weighted by Crippen LogP contribution is -2.47. The first-order chi connectivity index (χ1) is 12.3. The molecule has 1 amide bonds. The largest absolute Gasteiger partial charge is 0.467 e. The average molecular weight is 341 g/mol. The van der Waals surface area contributed by atoms with Crippen molar-refractivity contribution in [2.45, 2.75) is 50.6 Å². The molecule has 1 N–H and O–H groups in total. The fraction of sp³-hybridized carbons (Fsp3) is 0.474. The van der Waals surface area contributed by atoms with E-state index in [1.54, 1.807) is 6.26 Å². The van der Waals surface area contributed by atoms with E-state index < -0.39 is 0 Å². The second-order valence-corrected chi connectivity index (χ2v) is 6.72. The first-order valence-electron chi connectivity index (χ1n) is 8.88. The maximum Gasteiger partial charge on any atom is 0.249 e. The van der Waals surface area contributed by atoms with E-state index in [9.17, 15) is 4.79 Å². The lowest BCUT2D eigenvalue weighted by molar-refractivity contribution is -0.144. The molecule has 0 unspecified atom stereocenters. The highest BCUT2D eigenvalue weighted by atomic mass is 16.5. The van der Waals surface area contributed by atoms with Crippen LogP contribution >= 0.6 is 0 Å². The summed E-state index contributed by atoms with van der Waals surface area (Å²) in [5.74, 6) is 0.717. The minimum absolute atomic E-state index is 0.0394. The molecule has 2 aliphatic heterocycles. The molecule has 2 saturated heterocycles. The fourth-order valence-electron chi connectivity index (χ4n) is 3.83. The highest BCUT2D eigenvalue weighted by molar-refractivity contribution is 5.80. The summed E-state index contributed by atoms with van der Waals surface area (Å²) in [5, 5.41) is 2.91. The Kier molecular flexibility index (Phi) is 4.81. The topological polar surface area (TPSA) is 67.6 Å². The van der Waals surface area contributed by atoms with Gasteiger partial charge in [0.1, 0.15) is 11.9 Å². The molecular formula is C19H23N3O3. The van der Waals surface area contributed by atoms with E-state index in [1.807, 2.05) is 24.5 Å². The lowest BCUT2D eigenvalue weighted by Gasteiger charge is -2.35. The van der Waals surface area contributed by atoms with Gasteiger partial charge in [0.2, 0.25) is 5.91 Å². The molecule has 132 valence electrons. The van der Waals surface area contributed by atoms with Crippen LogP contribution < -0.4 is 5.32 Å². The van der Waals surface area contributed by atoms with Gasteiger partial charge in [-0.2, -0.15) is 0 Å². The smallest absolute Gasteiger partial charge is 0.249 e. The molecule has 6 nitrogen and oxygen atoms in total. The van der Waals surface area contributed by atoms with Gasteiger partial charge in [-0.25, -0.2) is 0 Å². The van der Waals surface area contributed by atoms with Crippen LogP contribution in [0.25, 0.3) is 0 Å². The molecule has 3 atom stereocenters. The average Bonchev–Trinajstić information content (AvgIpc) is 3.30. The molecule has 2 aromatic heterocycles. The second-order valence-electron chi connectivity index (χ2n) is 6.72. The summed E-state index contributed by atoms with van der Waals surface area (Å²) in [4.78, 5) is 18.9. The summed E-state index contributed by atoms with van der Waals surface area (Å²) in [5.41, 5.74) is 1.27. The summed E-state index contributed by atoms with van der Waals surface area (Å²) < 4.78 is 11.4. The molecule has 25 heavy (non-hydrogen) atoms. The Balaban J connectivity index is 1.30. The molecule has 2 fully saturated rings. The Hall–Kier alpha value is -2.18. The summed E-state index contributed by atoms with van der Waals surface area (Å²) >= 11 is 0. The maximum absolute atomic E-state index is 12.4. The number of pyridine rings is 1. The standard InChI is InChI=1S/C19H23N3O3/c23-19(21-12-15-2-1-11-24-15)18-4-3-16-17(25-18)7-10-22(16)13-14-5-8-20-9-6-14/h1-2,5-6,8-9,11,16-18H,3-4,7,10,12-13H2,(H,21,23)/t16-,17-,18-/m0/s1. The van der Waals surface area contributed by atoms with Crippen LogP contribution in [0.1, 0.15) is 30.6 Å². The van der Waals surface area contributed by atoms with Gasteiger partial charge < -0.3 is 14.5 Å². The molecule has 4 rings (SSSR count). The number of carbonyl (C=O) groups is 1. The van der Waals surface area contributed by atoms with Crippen molar-refractivity contribution in [2.75, 3.05) is 6.54 Å². The number of hydrogen-bond donors (Lipinski definition) is 1. The first kappa shape index (κ1) is 16.3. The lowest BCUT2D eigenvalue weighted by atomic mass is 9.98. The molecular weight excluding hydrogens is 318 g/mol. The summed E-state index contributed by atoms with van der Waals surface area (Å²) in [6.45, 7) is 2.34. The molecule has 2 aliphatic rings. The van der Waals surface area contributed by atoms with E-state index in [2.05, 4.69) is 27.3 Å². The van der Waals surface area contributed by atoms with Gasteiger partial charge in [-0.3, -0.25) is 14.7 Å². The van der Waals surface area contributed by atoms with E-state index in [4.69, 9.17) is 9.15 Å². The van der Waals surface area contributed by atoms with Gasteiger partial charge >= 0.3 is 0 Å². The number of rotatable bonds is 5.